The number of phenolic OH excluding ortho intramolecular Hbond substituents is 1. The van der Waals surface area contributed by atoms with Crippen molar-refractivity contribution < 1.29 is 15.0 Å². The minimum absolute atomic E-state index is 0.134. The molecule has 0 radical (unpaired) electrons. The number of rotatable bonds is 5. The van der Waals surface area contributed by atoms with Gasteiger partial charge < -0.3 is 10.2 Å². The Kier molecular flexibility index (Phi) is 4.64. The van der Waals surface area contributed by atoms with Gasteiger partial charge in [0.05, 0.1) is 0 Å². The lowest BCUT2D eigenvalue weighted by Gasteiger charge is -2.11. The van der Waals surface area contributed by atoms with Crippen LogP contribution >= 0.6 is 11.9 Å². The van der Waals surface area contributed by atoms with Gasteiger partial charge in [0.25, 0.3) is 0 Å². The van der Waals surface area contributed by atoms with Gasteiger partial charge in [-0.25, -0.2) is 4.72 Å². The van der Waals surface area contributed by atoms with Gasteiger partial charge in [-0.15, -0.1) is 0 Å². The Morgan fingerprint density at radius 2 is 2.12 bits per heavy atom. The molecule has 1 aromatic rings. The van der Waals surface area contributed by atoms with Crippen molar-refractivity contribution in [2.45, 2.75) is 12.5 Å². The maximum Gasteiger partial charge on any atom is 0.321 e. The number of thiocyanates is 1. The predicted octanol–water partition coefficient (Wildman–Crippen LogP) is 1.11. The van der Waals surface area contributed by atoms with Gasteiger partial charge >= 0.3 is 5.97 Å². The van der Waals surface area contributed by atoms with Crippen LogP contribution in [0.15, 0.2) is 24.3 Å². The molecule has 1 rings (SSSR count). The number of aromatic hydroxyl groups is 1. The molecule has 6 heteroatoms. The molecule has 3 N–H and O–H groups in total. The summed E-state index contributed by atoms with van der Waals surface area (Å²) in [6.07, 6.45) is 0.254. The molecule has 0 amide bonds. The van der Waals surface area contributed by atoms with Crippen molar-refractivity contribution in [2.75, 3.05) is 0 Å². The number of aliphatic carboxylic acids is 1. The number of benzene rings is 1. The van der Waals surface area contributed by atoms with E-state index >= 15 is 0 Å². The van der Waals surface area contributed by atoms with Crippen molar-refractivity contribution in [3.63, 3.8) is 0 Å². The summed E-state index contributed by atoms with van der Waals surface area (Å²) in [6, 6.07) is 5.44. The molecule has 0 fully saturated rings. The van der Waals surface area contributed by atoms with E-state index in [1.165, 1.54) is 12.1 Å². The molecule has 0 bridgehead atoms. The highest BCUT2D eigenvalue weighted by Gasteiger charge is 2.17. The van der Waals surface area contributed by atoms with Gasteiger partial charge in [-0.1, -0.05) is 12.1 Å². The molecule has 0 aliphatic rings. The Bertz CT molecular complexity index is 400. The molecule has 16 heavy (non-hydrogen) atoms. The van der Waals surface area contributed by atoms with E-state index in [0.717, 1.165) is 5.56 Å². The smallest absolute Gasteiger partial charge is 0.321 e. The number of hydrogen-bond donors (Lipinski definition) is 3. The van der Waals surface area contributed by atoms with E-state index in [-0.39, 0.29) is 12.2 Å². The number of nitriles is 1. The monoisotopic (exact) mass is 238 g/mol. The van der Waals surface area contributed by atoms with Crippen LogP contribution in [-0.4, -0.2) is 22.2 Å². The third kappa shape index (κ3) is 3.81. The van der Waals surface area contributed by atoms with Crippen LogP contribution < -0.4 is 4.72 Å². The first kappa shape index (κ1) is 12.4. The highest BCUT2D eigenvalue weighted by atomic mass is 32.2. The summed E-state index contributed by atoms with van der Waals surface area (Å²) < 4.78 is 2.53. The van der Waals surface area contributed by atoms with Gasteiger partial charge in [-0.3, -0.25) is 4.79 Å². The number of carboxylic acid groups (broad SMARTS) is 1. The zero-order valence-corrected chi connectivity index (χ0v) is 9.07. The minimum atomic E-state index is -1.02. The fourth-order valence-corrected chi connectivity index (χ4v) is 1.52. The van der Waals surface area contributed by atoms with Gasteiger partial charge in [0.2, 0.25) is 0 Å². The molecule has 1 atom stereocenters. The average Bonchev–Trinajstić information content (AvgIpc) is 2.26. The second-order valence-corrected chi connectivity index (χ2v) is 3.69. The number of phenols is 1. The summed E-state index contributed by atoms with van der Waals surface area (Å²) in [7, 11) is 0. The molecule has 0 saturated heterocycles. The van der Waals surface area contributed by atoms with Gasteiger partial charge in [0.1, 0.15) is 17.2 Å². The van der Waals surface area contributed by atoms with E-state index in [4.69, 9.17) is 15.5 Å². The van der Waals surface area contributed by atoms with Crippen molar-refractivity contribution in [3.8, 4) is 11.2 Å². The summed E-state index contributed by atoms with van der Waals surface area (Å²) in [5, 5.41) is 28.0. The maximum absolute atomic E-state index is 10.8. The van der Waals surface area contributed by atoms with Crippen LogP contribution in [0, 0.1) is 10.7 Å². The summed E-state index contributed by atoms with van der Waals surface area (Å²) in [5.41, 5.74) is 0.774. The van der Waals surface area contributed by atoms with Crippen molar-refractivity contribution in [2.24, 2.45) is 0 Å². The summed E-state index contributed by atoms with van der Waals surface area (Å²) in [6.45, 7) is 0. The molecule has 0 unspecified atom stereocenters. The Morgan fingerprint density at radius 3 is 2.62 bits per heavy atom. The Hall–Kier alpha value is -1.71. The number of nitrogens with one attached hydrogen (secondary N) is 1. The molecular formula is C10H10N2O3S. The highest BCUT2D eigenvalue weighted by molar-refractivity contribution is 8.01. The molecule has 0 heterocycles. The van der Waals surface area contributed by atoms with Crippen molar-refractivity contribution >= 4 is 17.9 Å². The summed E-state index contributed by atoms with van der Waals surface area (Å²) in [4.78, 5) is 10.8. The average molecular weight is 238 g/mol. The summed E-state index contributed by atoms with van der Waals surface area (Å²) >= 11 is 0.692. The fourth-order valence-electron chi connectivity index (χ4n) is 1.14. The topological polar surface area (TPSA) is 93.4 Å². The van der Waals surface area contributed by atoms with Crippen LogP contribution in [0.25, 0.3) is 0 Å². The molecule has 0 saturated carbocycles. The second kappa shape index (κ2) is 6.00. The number of carbonyl (C=O) groups is 1. The van der Waals surface area contributed by atoms with E-state index in [1.54, 1.807) is 17.5 Å². The van der Waals surface area contributed by atoms with Crippen molar-refractivity contribution in [3.05, 3.63) is 29.8 Å². The van der Waals surface area contributed by atoms with Crippen molar-refractivity contribution in [1.29, 1.82) is 5.26 Å². The molecule has 5 nitrogen and oxygen atoms in total. The van der Waals surface area contributed by atoms with Crippen LogP contribution in [0.4, 0.5) is 0 Å². The number of hydrogen-bond acceptors (Lipinski definition) is 5. The molecule has 0 aliphatic heterocycles. The van der Waals surface area contributed by atoms with Crippen LogP contribution in [0.2, 0.25) is 0 Å². The zero-order chi connectivity index (χ0) is 12.0. The Morgan fingerprint density at radius 1 is 1.50 bits per heavy atom. The summed E-state index contributed by atoms with van der Waals surface area (Å²) in [5.74, 6) is -0.884. The second-order valence-electron chi connectivity index (χ2n) is 3.07. The SMILES string of the molecule is N#CSN[C@@H](Cc1ccc(O)cc1)C(=O)O. The molecule has 0 aromatic heterocycles. The Balaban J connectivity index is 2.64. The molecule has 84 valence electrons. The third-order valence-corrected chi connectivity index (χ3v) is 2.41. The molecule has 0 spiro atoms. The molecule has 0 aliphatic carbocycles. The van der Waals surface area contributed by atoms with E-state index in [2.05, 4.69) is 4.72 Å². The van der Waals surface area contributed by atoms with E-state index < -0.39 is 12.0 Å². The first-order valence-electron chi connectivity index (χ1n) is 4.44. The van der Waals surface area contributed by atoms with Gasteiger partial charge in [0, 0.05) is 11.9 Å². The van der Waals surface area contributed by atoms with Gasteiger partial charge in [-0.2, -0.15) is 5.26 Å². The first-order chi connectivity index (χ1) is 7.63. The van der Waals surface area contributed by atoms with Gasteiger partial charge in [0.15, 0.2) is 0 Å². The lowest BCUT2D eigenvalue weighted by atomic mass is 10.1. The van der Waals surface area contributed by atoms with E-state index in [9.17, 15) is 4.79 Å². The highest BCUT2D eigenvalue weighted by Crippen LogP contribution is 2.12. The minimum Gasteiger partial charge on any atom is -0.508 e. The lowest BCUT2D eigenvalue weighted by molar-refractivity contribution is -0.138. The largest absolute Gasteiger partial charge is 0.508 e. The maximum atomic E-state index is 10.8. The van der Waals surface area contributed by atoms with E-state index in [0.29, 0.717) is 11.9 Å². The quantitative estimate of drug-likeness (QED) is 0.525. The van der Waals surface area contributed by atoms with Crippen LogP contribution in [-0.2, 0) is 11.2 Å². The number of nitrogens with zero attached hydrogens (tertiary/aromatic N) is 1. The first-order valence-corrected chi connectivity index (χ1v) is 5.26. The van der Waals surface area contributed by atoms with Gasteiger partial charge in [-0.05, 0) is 24.1 Å². The van der Waals surface area contributed by atoms with Crippen LogP contribution in [0.1, 0.15) is 5.56 Å². The Labute approximate surface area is 96.8 Å². The van der Waals surface area contributed by atoms with Crippen LogP contribution in [0.5, 0.6) is 5.75 Å². The lowest BCUT2D eigenvalue weighted by Crippen LogP contribution is -2.34. The molecule has 1 aromatic carbocycles. The van der Waals surface area contributed by atoms with Crippen molar-refractivity contribution in [1.82, 2.24) is 4.72 Å². The molecular weight excluding hydrogens is 228 g/mol. The normalized spacial score (nSPS) is 11.7. The zero-order valence-electron chi connectivity index (χ0n) is 8.25. The van der Waals surface area contributed by atoms with Crippen LogP contribution in [0.3, 0.4) is 0 Å². The standard InChI is InChI=1S/C10H10N2O3S/c11-6-16-12-9(10(14)15)5-7-1-3-8(13)4-2-7/h1-4,9,12-13H,5H2,(H,14,15)/t9-/m0/s1. The number of carboxylic acids is 1. The third-order valence-electron chi connectivity index (χ3n) is 1.92. The predicted molar refractivity (Wildman–Crippen MR) is 59.6 cm³/mol. The van der Waals surface area contributed by atoms with E-state index in [1.807, 2.05) is 0 Å². The fraction of sp³-hybridized carbons (Fsp3) is 0.200.